The largest absolute Gasteiger partial charge is 0.322 e. The van der Waals surface area contributed by atoms with Crippen molar-refractivity contribution in [2.24, 2.45) is 16.7 Å². The van der Waals surface area contributed by atoms with Crippen LogP contribution in [0.25, 0.3) is 0 Å². The van der Waals surface area contributed by atoms with Crippen molar-refractivity contribution in [2.45, 2.75) is 88.6 Å². The topological polar surface area (TPSA) is 78.5 Å². The minimum absolute atomic E-state index is 0.122. The monoisotopic (exact) mass is 545 g/mol. The number of nitrogens with zero attached hydrogens (tertiary/aromatic N) is 1. The number of carbonyl (C=O) groups excluding carboxylic acids is 3. The Morgan fingerprint density at radius 2 is 1.79 bits per heavy atom. The number of imide groups is 1. The molecule has 0 aromatic heterocycles. The lowest BCUT2D eigenvalue weighted by molar-refractivity contribution is -0.136. The Morgan fingerprint density at radius 3 is 2.49 bits per heavy atom. The average Bonchev–Trinajstić information content (AvgIpc) is 3.43. The lowest BCUT2D eigenvalue weighted by Crippen LogP contribution is -2.52. The second-order valence-corrected chi connectivity index (χ2v) is 13.7. The zero-order valence-corrected chi connectivity index (χ0v) is 24.0. The van der Waals surface area contributed by atoms with E-state index in [0.717, 1.165) is 35.1 Å². The molecule has 2 bridgehead atoms. The Bertz CT molecular complexity index is 1310. The number of fused-ring (bicyclic) bond motifs is 3. The van der Waals surface area contributed by atoms with Crippen LogP contribution in [0.1, 0.15) is 79.9 Å². The molecule has 2 heterocycles. The van der Waals surface area contributed by atoms with Gasteiger partial charge in [0, 0.05) is 35.2 Å². The number of nitrogens with one attached hydrogen (secondary N) is 2. The zero-order chi connectivity index (χ0) is 27.4. The number of thioether (sulfide) groups is 1. The summed E-state index contributed by atoms with van der Waals surface area (Å²) in [6, 6.07) is 14.8. The third-order valence-electron chi connectivity index (χ3n) is 10.6. The van der Waals surface area contributed by atoms with Gasteiger partial charge in [-0.25, -0.2) is 0 Å². The Hall–Kier alpha value is -2.64. The molecule has 39 heavy (non-hydrogen) atoms. The molecule has 6 nitrogen and oxygen atoms in total. The second kappa shape index (κ2) is 10.1. The predicted octanol–water partition coefficient (Wildman–Crippen LogP) is 5.09. The van der Waals surface area contributed by atoms with Gasteiger partial charge in [0.2, 0.25) is 11.8 Å². The van der Waals surface area contributed by atoms with Crippen LogP contribution < -0.4 is 10.6 Å². The quantitative estimate of drug-likeness (QED) is 0.357. The third kappa shape index (κ3) is 4.61. The van der Waals surface area contributed by atoms with Crippen molar-refractivity contribution < 1.29 is 14.4 Å². The van der Waals surface area contributed by atoms with E-state index in [4.69, 9.17) is 0 Å². The summed E-state index contributed by atoms with van der Waals surface area (Å²) in [5.74, 6) is 0.922. The van der Waals surface area contributed by atoms with E-state index in [-0.39, 0.29) is 24.1 Å². The smallest absolute Gasteiger partial charge is 0.255 e. The molecule has 0 radical (unpaired) electrons. The highest BCUT2D eigenvalue weighted by molar-refractivity contribution is 7.98. The van der Waals surface area contributed by atoms with Crippen molar-refractivity contribution >= 4 is 29.5 Å². The molecule has 4 atom stereocenters. The molecule has 2 aliphatic heterocycles. The van der Waals surface area contributed by atoms with Gasteiger partial charge >= 0.3 is 0 Å². The summed E-state index contributed by atoms with van der Waals surface area (Å²) in [4.78, 5) is 39.7. The van der Waals surface area contributed by atoms with E-state index in [2.05, 4.69) is 61.7 Å². The summed E-state index contributed by atoms with van der Waals surface area (Å²) in [6.07, 6.45) is 5.75. The number of hydrogen-bond acceptors (Lipinski definition) is 5. The van der Waals surface area contributed by atoms with Crippen LogP contribution >= 0.6 is 11.8 Å². The van der Waals surface area contributed by atoms with Crippen LogP contribution in [-0.2, 0) is 28.3 Å². The maximum Gasteiger partial charge on any atom is 0.255 e. The molecular formula is C32H39N3O3S. The fourth-order valence-corrected chi connectivity index (χ4v) is 8.60. The van der Waals surface area contributed by atoms with Crippen molar-refractivity contribution in [1.82, 2.24) is 15.5 Å². The van der Waals surface area contributed by atoms with Gasteiger partial charge < -0.3 is 10.2 Å². The lowest BCUT2D eigenvalue weighted by atomic mass is 9.69. The van der Waals surface area contributed by atoms with E-state index in [1.165, 1.54) is 30.4 Å². The van der Waals surface area contributed by atoms with Gasteiger partial charge in [-0.1, -0.05) is 51.1 Å². The van der Waals surface area contributed by atoms with Gasteiger partial charge in [0.25, 0.3) is 5.91 Å². The van der Waals surface area contributed by atoms with Crippen molar-refractivity contribution in [3.8, 4) is 0 Å². The first kappa shape index (κ1) is 26.6. The summed E-state index contributed by atoms with van der Waals surface area (Å²) in [5.41, 5.74) is 5.12. The molecule has 2 unspecified atom stereocenters. The number of benzene rings is 2. The normalized spacial score (nSPS) is 29.2. The summed E-state index contributed by atoms with van der Waals surface area (Å²) in [5, 5.41) is 6.28. The van der Waals surface area contributed by atoms with E-state index < -0.39 is 6.04 Å². The molecule has 3 fully saturated rings. The van der Waals surface area contributed by atoms with Crippen LogP contribution in [-0.4, -0.2) is 41.2 Å². The van der Waals surface area contributed by atoms with Crippen molar-refractivity contribution in [3.05, 3.63) is 64.7 Å². The zero-order valence-electron chi connectivity index (χ0n) is 23.2. The molecule has 2 N–H and O–H groups in total. The van der Waals surface area contributed by atoms with Gasteiger partial charge in [0.1, 0.15) is 6.04 Å². The van der Waals surface area contributed by atoms with E-state index in [0.29, 0.717) is 35.4 Å². The van der Waals surface area contributed by atoms with E-state index in [1.807, 2.05) is 12.1 Å². The highest BCUT2D eigenvalue weighted by atomic mass is 32.2. The standard InChI is InChI=1S/C32H39N3O3S/c1-31(2)22-13-15-32(31,3)27(17-22)33-16-14-20-7-9-21(10-8-20)19-39-26-6-4-5-23-24(26)18-35(30(23)38)25-11-12-28(36)34-29(25)37/h4-10,22,25,27,33H,11-19H2,1-3H3,(H,34,36,37)/t22?,25?,27-,32-/m0/s1. The molecule has 2 aromatic rings. The molecule has 0 spiro atoms. The molecular weight excluding hydrogens is 506 g/mol. The summed E-state index contributed by atoms with van der Waals surface area (Å²) >= 11 is 1.73. The summed E-state index contributed by atoms with van der Waals surface area (Å²) < 4.78 is 0. The molecule has 3 amide bonds. The van der Waals surface area contributed by atoms with Crippen LogP contribution in [0.15, 0.2) is 47.4 Å². The van der Waals surface area contributed by atoms with E-state index in [1.54, 1.807) is 16.7 Å². The van der Waals surface area contributed by atoms with Crippen LogP contribution in [0.5, 0.6) is 0 Å². The van der Waals surface area contributed by atoms with Gasteiger partial charge in [-0.2, -0.15) is 0 Å². The summed E-state index contributed by atoms with van der Waals surface area (Å²) in [6.45, 7) is 8.87. The van der Waals surface area contributed by atoms with Crippen molar-refractivity contribution in [2.75, 3.05) is 6.54 Å². The first-order chi connectivity index (χ1) is 18.7. The van der Waals surface area contributed by atoms with Crippen molar-refractivity contribution in [3.63, 3.8) is 0 Å². The van der Waals surface area contributed by atoms with Crippen LogP contribution in [0, 0.1) is 16.7 Å². The molecule has 6 rings (SSSR count). The Kier molecular flexibility index (Phi) is 6.87. The lowest BCUT2D eigenvalue weighted by Gasteiger charge is -2.39. The van der Waals surface area contributed by atoms with Crippen LogP contribution in [0.4, 0.5) is 0 Å². The second-order valence-electron chi connectivity index (χ2n) is 12.7. The number of piperidine rings is 1. The van der Waals surface area contributed by atoms with Gasteiger partial charge in [-0.15, -0.1) is 11.8 Å². The van der Waals surface area contributed by atoms with Crippen LogP contribution in [0.3, 0.4) is 0 Å². The molecule has 7 heteroatoms. The fourth-order valence-electron chi connectivity index (χ4n) is 7.56. The number of carbonyl (C=O) groups is 3. The van der Waals surface area contributed by atoms with Gasteiger partial charge in [-0.05, 0) is 84.2 Å². The highest BCUT2D eigenvalue weighted by Crippen LogP contribution is 2.65. The van der Waals surface area contributed by atoms with Gasteiger partial charge in [-0.3, -0.25) is 19.7 Å². The number of hydrogen-bond donors (Lipinski definition) is 2. The Morgan fingerprint density at radius 1 is 1.03 bits per heavy atom. The first-order valence-electron chi connectivity index (χ1n) is 14.4. The molecule has 206 valence electrons. The maximum absolute atomic E-state index is 13.1. The Labute approximate surface area is 235 Å². The molecule has 1 saturated heterocycles. The number of amides is 3. The SMILES string of the molecule is CC1(C)C2CC[C@@]1(C)[C@@H](NCCc1ccc(CSc3cccc4c3CN(C3CCC(=O)NC3=O)C4=O)cc1)C2. The highest BCUT2D eigenvalue weighted by Gasteiger charge is 2.60. The molecule has 2 aromatic carbocycles. The van der Waals surface area contributed by atoms with Gasteiger partial charge in [0.05, 0.1) is 0 Å². The predicted molar refractivity (Wildman–Crippen MR) is 153 cm³/mol. The first-order valence-corrected chi connectivity index (χ1v) is 15.4. The Balaban J connectivity index is 1.03. The summed E-state index contributed by atoms with van der Waals surface area (Å²) in [7, 11) is 0. The fraction of sp³-hybridized carbons (Fsp3) is 0.531. The van der Waals surface area contributed by atoms with Crippen molar-refractivity contribution in [1.29, 1.82) is 0 Å². The van der Waals surface area contributed by atoms with Gasteiger partial charge in [0.15, 0.2) is 0 Å². The van der Waals surface area contributed by atoms with Crippen LogP contribution in [0.2, 0.25) is 0 Å². The number of rotatable bonds is 8. The third-order valence-corrected chi connectivity index (χ3v) is 11.7. The average molecular weight is 546 g/mol. The van der Waals surface area contributed by atoms with E-state index >= 15 is 0 Å². The molecule has 2 aliphatic carbocycles. The minimum Gasteiger partial charge on any atom is -0.322 e. The molecule has 4 aliphatic rings. The maximum atomic E-state index is 13.1. The molecule has 2 saturated carbocycles. The minimum atomic E-state index is -0.583. The van der Waals surface area contributed by atoms with E-state index in [9.17, 15) is 14.4 Å².